The van der Waals surface area contributed by atoms with Gasteiger partial charge in [0.2, 0.25) is 5.95 Å². The number of aromatic amines is 1. The number of fused-ring (bicyclic) bond motifs is 1. The first-order chi connectivity index (χ1) is 12.0. The van der Waals surface area contributed by atoms with Crippen molar-refractivity contribution in [3.05, 3.63) is 52.7 Å². The van der Waals surface area contributed by atoms with E-state index in [1.807, 2.05) is 0 Å². The van der Waals surface area contributed by atoms with Crippen molar-refractivity contribution in [1.29, 1.82) is 0 Å². The minimum Gasteiger partial charge on any atom is -0.450 e. The molecule has 0 unspecified atom stereocenters. The lowest BCUT2D eigenvalue weighted by Gasteiger charge is -2.00. The Kier molecular flexibility index (Phi) is 6.29. The summed E-state index contributed by atoms with van der Waals surface area (Å²) < 4.78 is 4.72. The van der Waals surface area contributed by atoms with Crippen molar-refractivity contribution in [2.75, 3.05) is 11.9 Å². The van der Waals surface area contributed by atoms with Crippen molar-refractivity contribution in [3.8, 4) is 0 Å². The highest BCUT2D eigenvalue weighted by atomic mass is 32.1. The SMILES string of the molecule is CCOC(=O)Nc1nc2ncc(S)cc2[nH]1.O=[N+]([O-])c1ccccc1. The lowest BCUT2D eigenvalue weighted by atomic mass is 10.3. The summed E-state index contributed by atoms with van der Waals surface area (Å²) in [6.45, 7) is 2.04. The molecule has 0 spiro atoms. The third kappa shape index (κ3) is 5.46. The molecule has 0 bridgehead atoms. The molecule has 0 fully saturated rings. The number of hydrogen-bond acceptors (Lipinski definition) is 7. The molecule has 2 aromatic heterocycles. The summed E-state index contributed by atoms with van der Waals surface area (Å²) in [4.78, 5) is 32.4. The van der Waals surface area contributed by atoms with Gasteiger partial charge in [-0.15, -0.1) is 12.6 Å². The van der Waals surface area contributed by atoms with Gasteiger partial charge in [0.1, 0.15) is 0 Å². The van der Waals surface area contributed by atoms with Gasteiger partial charge in [0.25, 0.3) is 5.69 Å². The molecule has 0 saturated carbocycles. The Morgan fingerprint density at radius 1 is 1.40 bits per heavy atom. The fourth-order valence-corrected chi connectivity index (χ4v) is 1.95. The Labute approximate surface area is 148 Å². The maximum Gasteiger partial charge on any atom is 0.413 e. The molecule has 25 heavy (non-hydrogen) atoms. The van der Waals surface area contributed by atoms with Crippen LogP contribution in [0.15, 0.2) is 47.5 Å². The number of H-pyrrole nitrogens is 1. The fourth-order valence-electron chi connectivity index (χ4n) is 1.76. The first-order valence-corrected chi connectivity index (χ1v) is 7.62. The third-order valence-corrected chi connectivity index (χ3v) is 3.03. The Hall–Kier alpha value is -3.14. The zero-order valence-electron chi connectivity index (χ0n) is 13.2. The number of non-ortho nitro benzene ring substituents is 1. The fraction of sp³-hybridized carbons (Fsp3) is 0.133. The lowest BCUT2D eigenvalue weighted by molar-refractivity contribution is -0.384. The van der Waals surface area contributed by atoms with E-state index in [9.17, 15) is 14.9 Å². The molecule has 130 valence electrons. The summed E-state index contributed by atoms with van der Waals surface area (Å²) in [6.07, 6.45) is 1.04. The number of carbonyl (C=O) groups is 1. The minimum absolute atomic E-state index is 0.137. The van der Waals surface area contributed by atoms with Crippen molar-refractivity contribution < 1.29 is 14.5 Å². The summed E-state index contributed by atoms with van der Waals surface area (Å²) >= 11 is 4.15. The summed E-state index contributed by atoms with van der Waals surface area (Å²) in [6, 6.07) is 9.71. The average molecular weight is 361 g/mol. The van der Waals surface area contributed by atoms with Gasteiger partial charge in [-0.05, 0) is 13.0 Å². The Morgan fingerprint density at radius 3 is 2.72 bits per heavy atom. The van der Waals surface area contributed by atoms with Gasteiger partial charge in [-0.2, -0.15) is 4.98 Å². The Balaban J connectivity index is 0.000000212. The molecular weight excluding hydrogens is 346 g/mol. The number of para-hydroxylation sites is 1. The second kappa shape index (κ2) is 8.64. The van der Waals surface area contributed by atoms with Crippen LogP contribution in [0.4, 0.5) is 16.4 Å². The number of thiol groups is 1. The maximum atomic E-state index is 11.1. The first-order valence-electron chi connectivity index (χ1n) is 7.17. The van der Waals surface area contributed by atoms with Gasteiger partial charge in [-0.3, -0.25) is 15.4 Å². The van der Waals surface area contributed by atoms with Crippen LogP contribution in [-0.2, 0) is 4.74 Å². The zero-order valence-corrected chi connectivity index (χ0v) is 14.1. The molecule has 1 aromatic carbocycles. The highest BCUT2D eigenvalue weighted by molar-refractivity contribution is 7.80. The lowest BCUT2D eigenvalue weighted by Crippen LogP contribution is -2.14. The molecule has 2 N–H and O–H groups in total. The van der Waals surface area contributed by atoms with Gasteiger partial charge in [0.05, 0.1) is 17.0 Å². The van der Waals surface area contributed by atoms with Crippen molar-refractivity contribution >= 4 is 41.5 Å². The van der Waals surface area contributed by atoms with Crippen molar-refractivity contribution in [1.82, 2.24) is 15.0 Å². The van der Waals surface area contributed by atoms with Crippen LogP contribution in [0.3, 0.4) is 0 Å². The number of aromatic nitrogens is 3. The molecule has 1 amide bonds. The van der Waals surface area contributed by atoms with E-state index in [0.29, 0.717) is 23.7 Å². The van der Waals surface area contributed by atoms with E-state index in [1.54, 1.807) is 37.4 Å². The molecule has 3 rings (SSSR count). The number of hydrogen-bond donors (Lipinski definition) is 3. The molecule has 10 heteroatoms. The number of anilines is 1. The molecule has 2 heterocycles. The van der Waals surface area contributed by atoms with Crippen LogP contribution >= 0.6 is 12.6 Å². The molecule has 0 aliphatic carbocycles. The minimum atomic E-state index is -0.548. The molecule has 9 nitrogen and oxygen atoms in total. The number of amides is 1. The second-order valence-corrected chi connectivity index (χ2v) is 5.10. The van der Waals surface area contributed by atoms with Crippen LogP contribution in [0.1, 0.15) is 6.92 Å². The predicted molar refractivity (Wildman–Crippen MR) is 94.9 cm³/mol. The van der Waals surface area contributed by atoms with E-state index in [1.165, 1.54) is 12.1 Å². The van der Waals surface area contributed by atoms with Gasteiger partial charge in [-0.1, -0.05) is 18.2 Å². The quantitative estimate of drug-likeness (QED) is 0.373. The highest BCUT2D eigenvalue weighted by Gasteiger charge is 2.07. The van der Waals surface area contributed by atoms with E-state index in [0.717, 1.165) is 4.90 Å². The Bertz CT molecular complexity index is 869. The van der Waals surface area contributed by atoms with E-state index < -0.39 is 11.0 Å². The van der Waals surface area contributed by atoms with E-state index in [-0.39, 0.29) is 5.69 Å². The van der Waals surface area contributed by atoms with Crippen molar-refractivity contribution in [2.24, 2.45) is 0 Å². The molecule has 0 aliphatic heterocycles. The van der Waals surface area contributed by atoms with Crippen molar-refractivity contribution in [2.45, 2.75) is 11.8 Å². The van der Waals surface area contributed by atoms with Crippen LogP contribution in [0.5, 0.6) is 0 Å². The van der Waals surface area contributed by atoms with Gasteiger partial charge in [-0.25, -0.2) is 9.78 Å². The number of imidazole rings is 1. The van der Waals surface area contributed by atoms with Gasteiger partial charge < -0.3 is 9.72 Å². The number of nitrogens with one attached hydrogen (secondary N) is 2. The number of benzene rings is 1. The van der Waals surface area contributed by atoms with Crippen LogP contribution in [0.2, 0.25) is 0 Å². The molecule has 0 saturated heterocycles. The maximum absolute atomic E-state index is 11.1. The number of nitrogens with zero attached hydrogens (tertiary/aromatic N) is 3. The summed E-state index contributed by atoms with van der Waals surface area (Å²) in [5.41, 5.74) is 1.36. The van der Waals surface area contributed by atoms with Gasteiger partial charge >= 0.3 is 6.09 Å². The van der Waals surface area contributed by atoms with Crippen LogP contribution in [-0.4, -0.2) is 32.6 Å². The molecular formula is C15H15N5O4S. The summed E-state index contributed by atoms with van der Waals surface area (Å²) in [5.74, 6) is 0.305. The van der Waals surface area contributed by atoms with Crippen LogP contribution < -0.4 is 5.32 Å². The number of ether oxygens (including phenoxy) is 1. The summed E-state index contributed by atoms with van der Waals surface area (Å²) in [5, 5.41) is 12.5. The molecule has 0 atom stereocenters. The topological polar surface area (TPSA) is 123 Å². The highest BCUT2D eigenvalue weighted by Crippen LogP contribution is 2.15. The number of rotatable bonds is 3. The number of carbonyl (C=O) groups excluding carboxylic acids is 1. The Morgan fingerprint density at radius 2 is 2.12 bits per heavy atom. The second-order valence-electron chi connectivity index (χ2n) is 4.59. The normalized spacial score (nSPS) is 9.84. The average Bonchev–Trinajstić information content (AvgIpc) is 2.97. The number of nitro groups is 1. The van der Waals surface area contributed by atoms with Crippen LogP contribution in [0.25, 0.3) is 11.2 Å². The number of pyridine rings is 1. The smallest absolute Gasteiger partial charge is 0.413 e. The summed E-state index contributed by atoms with van der Waals surface area (Å²) in [7, 11) is 0. The number of nitro benzene ring substituents is 1. The standard InChI is InChI=1S/C9H10N4O2S.C6H5NO2/c1-2-15-9(14)13-8-11-6-3-5(16)4-10-7(6)12-8;8-7(9)6-4-2-1-3-5-6/h3-4,16H,2H2,1H3,(H2,10,11,12,13,14);1-5H. The monoisotopic (exact) mass is 361 g/mol. The van der Waals surface area contributed by atoms with Crippen molar-refractivity contribution in [3.63, 3.8) is 0 Å². The largest absolute Gasteiger partial charge is 0.450 e. The first kappa shape index (κ1) is 18.2. The molecule has 0 aliphatic rings. The van der Waals surface area contributed by atoms with Gasteiger partial charge in [0, 0.05) is 23.2 Å². The third-order valence-electron chi connectivity index (χ3n) is 2.79. The van der Waals surface area contributed by atoms with Crippen LogP contribution in [0, 0.1) is 10.1 Å². The molecule has 0 radical (unpaired) electrons. The predicted octanol–water partition coefficient (Wildman–Crippen LogP) is 3.41. The van der Waals surface area contributed by atoms with E-state index >= 15 is 0 Å². The van der Waals surface area contributed by atoms with Gasteiger partial charge in [0.15, 0.2) is 5.65 Å². The van der Waals surface area contributed by atoms with E-state index in [2.05, 4.69) is 32.9 Å². The molecule has 3 aromatic rings. The van der Waals surface area contributed by atoms with E-state index in [4.69, 9.17) is 4.74 Å². The zero-order chi connectivity index (χ0) is 18.2.